The maximum Gasteiger partial charge on any atom is 0.0340 e. The first-order chi connectivity index (χ1) is 8.63. The molecule has 2 nitrogen and oxygen atoms in total. The molecule has 0 amide bonds. The summed E-state index contributed by atoms with van der Waals surface area (Å²) in [7, 11) is 0. The Labute approximate surface area is 115 Å². The van der Waals surface area contributed by atoms with E-state index in [0.717, 1.165) is 23.6 Å². The molecule has 0 saturated carbocycles. The minimum atomic E-state index is 0.771. The van der Waals surface area contributed by atoms with Crippen LogP contribution < -0.4 is 5.32 Å². The molecule has 1 fully saturated rings. The first-order valence-electron chi connectivity index (χ1n) is 6.82. The van der Waals surface area contributed by atoms with Gasteiger partial charge in [0, 0.05) is 42.4 Å². The van der Waals surface area contributed by atoms with Crippen molar-refractivity contribution in [3.63, 3.8) is 0 Å². The number of anilines is 1. The van der Waals surface area contributed by atoms with Crippen LogP contribution in [0.25, 0.3) is 0 Å². The van der Waals surface area contributed by atoms with Crippen LogP contribution >= 0.6 is 11.8 Å². The first kappa shape index (κ1) is 13.8. The van der Waals surface area contributed by atoms with Crippen LogP contribution in [0.4, 0.5) is 5.69 Å². The van der Waals surface area contributed by atoms with Gasteiger partial charge in [-0.3, -0.25) is 4.90 Å². The van der Waals surface area contributed by atoms with Crippen LogP contribution in [-0.2, 0) is 0 Å². The van der Waals surface area contributed by atoms with E-state index in [9.17, 15) is 0 Å². The van der Waals surface area contributed by atoms with E-state index in [2.05, 4.69) is 67.0 Å². The summed E-state index contributed by atoms with van der Waals surface area (Å²) in [6.07, 6.45) is 0. The lowest BCUT2D eigenvalue weighted by Gasteiger charge is -2.34. The quantitative estimate of drug-likeness (QED) is 0.899. The zero-order chi connectivity index (χ0) is 13.0. The molecule has 2 atom stereocenters. The molecule has 1 aromatic rings. The Hall–Kier alpha value is -0.670. The predicted octanol–water partition coefficient (Wildman–Crippen LogP) is 3.23. The monoisotopic (exact) mass is 264 g/mol. The molecule has 0 aliphatic carbocycles. The lowest BCUT2D eigenvalue weighted by Crippen LogP contribution is -2.42. The van der Waals surface area contributed by atoms with Gasteiger partial charge in [0.05, 0.1) is 0 Å². The van der Waals surface area contributed by atoms with Crippen molar-refractivity contribution in [2.75, 3.05) is 31.5 Å². The van der Waals surface area contributed by atoms with Crippen LogP contribution in [0, 0.1) is 6.92 Å². The minimum Gasteiger partial charge on any atom is -0.384 e. The Kier molecular flexibility index (Phi) is 4.95. The van der Waals surface area contributed by atoms with Crippen molar-refractivity contribution < 1.29 is 0 Å². The van der Waals surface area contributed by atoms with Crippen molar-refractivity contribution in [1.29, 1.82) is 0 Å². The summed E-state index contributed by atoms with van der Waals surface area (Å²) in [6, 6.07) is 8.63. The van der Waals surface area contributed by atoms with Gasteiger partial charge >= 0.3 is 0 Å². The van der Waals surface area contributed by atoms with Crippen molar-refractivity contribution in [1.82, 2.24) is 4.90 Å². The fourth-order valence-corrected chi connectivity index (χ4v) is 3.88. The smallest absolute Gasteiger partial charge is 0.0340 e. The third-order valence-electron chi connectivity index (χ3n) is 3.30. The number of hydrogen-bond acceptors (Lipinski definition) is 3. The summed E-state index contributed by atoms with van der Waals surface area (Å²) < 4.78 is 0. The van der Waals surface area contributed by atoms with Gasteiger partial charge in [-0.05, 0) is 19.1 Å². The van der Waals surface area contributed by atoms with Gasteiger partial charge in [-0.25, -0.2) is 0 Å². The van der Waals surface area contributed by atoms with Gasteiger partial charge in [-0.2, -0.15) is 11.8 Å². The van der Waals surface area contributed by atoms with Gasteiger partial charge in [0.1, 0.15) is 0 Å². The van der Waals surface area contributed by atoms with E-state index >= 15 is 0 Å². The number of hydrogen-bond donors (Lipinski definition) is 1. The van der Waals surface area contributed by atoms with E-state index in [1.807, 2.05) is 0 Å². The van der Waals surface area contributed by atoms with Gasteiger partial charge in [0.25, 0.3) is 0 Å². The molecule has 2 unspecified atom stereocenters. The molecule has 0 radical (unpaired) electrons. The van der Waals surface area contributed by atoms with E-state index in [-0.39, 0.29) is 0 Å². The highest BCUT2D eigenvalue weighted by Gasteiger charge is 2.21. The lowest BCUT2D eigenvalue weighted by atomic mass is 10.2. The van der Waals surface area contributed by atoms with Crippen molar-refractivity contribution in [3.8, 4) is 0 Å². The van der Waals surface area contributed by atoms with E-state index < -0.39 is 0 Å². The number of aryl methyl sites for hydroxylation is 1. The second-order valence-corrected chi connectivity index (χ2v) is 7.19. The molecule has 18 heavy (non-hydrogen) atoms. The molecule has 2 rings (SSSR count). The van der Waals surface area contributed by atoms with E-state index in [1.54, 1.807) is 0 Å². The van der Waals surface area contributed by atoms with Crippen LogP contribution in [-0.4, -0.2) is 41.6 Å². The molecule has 0 bridgehead atoms. The number of rotatable bonds is 4. The molecule has 0 spiro atoms. The Morgan fingerprint density at radius 2 is 1.78 bits per heavy atom. The minimum absolute atomic E-state index is 0.771. The highest BCUT2D eigenvalue weighted by Crippen LogP contribution is 2.24. The fraction of sp³-hybridized carbons (Fsp3) is 0.600. The second-order valence-electron chi connectivity index (χ2n) is 5.31. The molecule has 1 aliphatic rings. The third-order valence-corrected chi connectivity index (χ3v) is 4.53. The molecule has 1 N–H and O–H groups in total. The van der Waals surface area contributed by atoms with Crippen molar-refractivity contribution in [3.05, 3.63) is 29.8 Å². The molecule has 100 valence electrons. The average Bonchev–Trinajstić information content (AvgIpc) is 2.30. The number of nitrogens with one attached hydrogen (secondary N) is 1. The number of thioether (sulfide) groups is 1. The van der Waals surface area contributed by atoms with E-state index in [0.29, 0.717) is 0 Å². The van der Waals surface area contributed by atoms with Crippen LogP contribution in [0.2, 0.25) is 0 Å². The Balaban J connectivity index is 1.73. The summed E-state index contributed by atoms with van der Waals surface area (Å²) in [6.45, 7) is 11.4. The summed E-state index contributed by atoms with van der Waals surface area (Å²) >= 11 is 2.11. The second kappa shape index (κ2) is 6.48. The van der Waals surface area contributed by atoms with Crippen LogP contribution in [0.15, 0.2) is 24.3 Å². The van der Waals surface area contributed by atoms with Crippen LogP contribution in [0.3, 0.4) is 0 Å². The van der Waals surface area contributed by atoms with Gasteiger partial charge in [0.2, 0.25) is 0 Å². The zero-order valence-corrected chi connectivity index (χ0v) is 12.5. The third kappa shape index (κ3) is 4.21. The Bertz CT molecular complexity index is 353. The van der Waals surface area contributed by atoms with Gasteiger partial charge in [0.15, 0.2) is 0 Å². The van der Waals surface area contributed by atoms with Crippen LogP contribution in [0.1, 0.15) is 19.4 Å². The summed E-state index contributed by atoms with van der Waals surface area (Å²) in [4.78, 5) is 2.58. The van der Waals surface area contributed by atoms with Crippen molar-refractivity contribution in [2.24, 2.45) is 0 Å². The number of benzene rings is 1. The summed E-state index contributed by atoms with van der Waals surface area (Å²) in [5.74, 6) is 0. The highest BCUT2D eigenvalue weighted by molar-refractivity contribution is 8.00. The molecule has 3 heteroatoms. The molecule has 1 saturated heterocycles. The predicted molar refractivity (Wildman–Crippen MR) is 82.6 cm³/mol. The summed E-state index contributed by atoms with van der Waals surface area (Å²) in [5, 5.41) is 5.04. The van der Waals surface area contributed by atoms with Gasteiger partial charge < -0.3 is 5.32 Å². The van der Waals surface area contributed by atoms with E-state index in [1.165, 1.54) is 24.3 Å². The fourth-order valence-electron chi connectivity index (χ4n) is 2.50. The normalized spacial score (nSPS) is 25.1. The van der Waals surface area contributed by atoms with Gasteiger partial charge in [-0.15, -0.1) is 0 Å². The molecule has 1 aliphatic heterocycles. The van der Waals surface area contributed by atoms with E-state index in [4.69, 9.17) is 0 Å². The maximum atomic E-state index is 3.50. The standard InChI is InChI=1S/C15H24N2S/c1-12-4-6-15(7-5-12)16-8-9-17-10-13(2)18-14(3)11-17/h4-7,13-14,16H,8-11H2,1-3H3. The van der Waals surface area contributed by atoms with Crippen molar-refractivity contribution >= 4 is 17.4 Å². The molecule has 1 heterocycles. The first-order valence-corrected chi connectivity index (χ1v) is 7.76. The molecule has 1 aromatic carbocycles. The number of nitrogens with zero attached hydrogens (tertiary/aromatic N) is 1. The molecular weight excluding hydrogens is 240 g/mol. The maximum absolute atomic E-state index is 3.50. The largest absolute Gasteiger partial charge is 0.384 e. The lowest BCUT2D eigenvalue weighted by molar-refractivity contribution is 0.281. The zero-order valence-electron chi connectivity index (χ0n) is 11.6. The molecule has 0 aromatic heterocycles. The van der Waals surface area contributed by atoms with Crippen molar-refractivity contribution in [2.45, 2.75) is 31.3 Å². The van der Waals surface area contributed by atoms with Crippen LogP contribution in [0.5, 0.6) is 0 Å². The average molecular weight is 264 g/mol. The Morgan fingerprint density at radius 1 is 1.17 bits per heavy atom. The highest BCUT2D eigenvalue weighted by atomic mass is 32.2. The molecular formula is C15H24N2S. The SMILES string of the molecule is Cc1ccc(NCCN2CC(C)SC(C)C2)cc1. The topological polar surface area (TPSA) is 15.3 Å². The Morgan fingerprint density at radius 3 is 2.39 bits per heavy atom. The van der Waals surface area contributed by atoms with Gasteiger partial charge in [-0.1, -0.05) is 31.5 Å². The summed E-state index contributed by atoms with van der Waals surface area (Å²) in [5.41, 5.74) is 2.55.